The topological polar surface area (TPSA) is 69.0 Å². The van der Waals surface area contributed by atoms with Crippen molar-refractivity contribution >= 4 is 92.7 Å². The minimum atomic E-state index is -0.100. The van der Waals surface area contributed by atoms with Gasteiger partial charge in [-0.1, -0.05) is 142 Å². The van der Waals surface area contributed by atoms with Crippen molar-refractivity contribution in [1.29, 1.82) is 5.26 Å². The van der Waals surface area contributed by atoms with Gasteiger partial charge in [-0.3, -0.25) is 13.7 Å². The minimum Gasteiger partial charge on any atom is -0.458 e. The first-order valence-electron chi connectivity index (χ1n) is 26.7. The molecule has 6 aromatic heterocycles. The number of rotatable bonds is 7. The number of nitriles is 1. The molecule has 0 bridgehead atoms. The Balaban J connectivity index is 0.842. The average Bonchev–Trinajstić information content (AvgIpc) is 4.49. The lowest BCUT2D eigenvalue weighted by Gasteiger charge is -2.20. The Morgan fingerprint density at radius 3 is 1.89 bits per heavy atom. The van der Waals surface area contributed by atoms with Gasteiger partial charge in [0.05, 0.1) is 72.7 Å². The SMILES string of the molecule is CC(C)(C)c1ccnc(-n2c3ccc(-c4cccc5c6ccccc6n(-c6ccccc6)c45)cc3c3ccc(Oc4cc(C#N)cc(-n5[c-][n+](-c6cc7c8ccccc8n8c9ccccc9c(c6)c78)c6ccccc65)c4)cc32)c1. The zero-order chi connectivity index (χ0) is 52.7. The molecule has 6 heterocycles. The van der Waals surface area contributed by atoms with Crippen molar-refractivity contribution in [2.75, 3.05) is 0 Å². The number of aromatic nitrogens is 6. The summed E-state index contributed by atoms with van der Waals surface area (Å²) in [5.41, 5.74) is 16.5. The fraction of sp³-hybridized carbons (Fsp3) is 0.0563. The van der Waals surface area contributed by atoms with Crippen LogP contribution in [0.3, 0.4) is 0 Å². The molecule has 0 saturated carbocycles. The maximum atomic E-state index is 10.6. The van der Waals surface area contributed by atoms with Crippen molar-refractivity contribution in [3.63, 3.8) is 0 Å². The van der Waals surface area contributed by atoms with Gasteiger partial charge in [-0.15, -0.1) is 0 Å². The summed E-state index contributed by atoms with van der Waals surface area (Å²) in [6, 6.07) is 81.7. The van der Waals surface area contributed by atoms with Gasteiger partial charge in [0.15, 0.2) is 0 Å². The summed E-state index contributed by atoms with van der Waals surface area (Å²) in [4.78, 5) is 5.04. The van der Waals surface area contributed by atoms with Crippen LogP contribution in [-0.4, -0.2) is 23.1 Å². The van der Waals surface area contributed by atoms with Gasteiger partial charge in [-0.2, -0.15) is 5.26 Å². The van der Waals surface area contributed by atoms with Gasteiger partial charge in [0.25, 0.3) is 6.33 Å². The highest BCUT2D eigenvalue weighted by atomic mass is 16.5. The smallest absolute Gasteiger partial charge is 0.269 e. The summed E-state index contributed by atoms with van der Waals surface area (Å²) in [7, 11) is 0. The average molecular weight is 1010 g/mol. The van der Waals surface area contributed by atoms with Crippen molar-refractivity contribution in [3.8, 4) is 51.6 Å². The van der Waals surface area contributed by atoms with E-state index in [9.17, 15) is 5.26 Å². The van der Waals surface area contributed by atoms with E-state index in [4.69, 9.17) is 9.72 Å². The molecule has 16 rings (SSSR count). The number of para-hydroxylation sites is 7. The molecule has 0 atom stereocenters. The third kappa shape index (κ3) is 6.73. The van der Waals surface area contributed by atoms with Crippen molar-refractivity contribution < 1.29 is 9.30 Å². The van der Waals surface area contributed by atoms with Crippen LogP contribution in [0.4, 0.5) is 0 Å². The van der Waals surface area contributed by atoms with Gasteiger partial charge in [0.1, 0.15) is 17.3 Å². The molecule has 16 aromatic rings. The van der Waals surface area contributed by atoms with Gasteiger partial charge >= 0.3 is 0 Å². The molecule has 0 radical (unpaired) electrons. The maximum Gasteiger partial charge on any atom is 0.269 e. The van der Waals surface area contributed by atoms with Crippen LogP contribution in [0.5, 0.6) is 11.5 Å². The minimum absolute atomic E-state index is 0.100. The van der Waals surface area contributed by atoms with Crippen molar-refractivity contribution in [2.24, 2.45) is 0 Å². The second-order valence-electron chi connectivity index (χ2n) is 21.7. The Morgan fingerprint density at radius 2 is 1.14 bits per heavy atom. The van der Waals surface area contributed by atoms with E-state index in [2.05, 4.69) is 245 Å². The Hall–Kier alpha value is -10.5. The summed E-state index contributed by atoms with van der Waals surface area (Å²) in [6.07, 6.45) is 5.65. The molecule has 372 valence electrons. The highest BCUT2D eigenvalue weighted by Crippen LogP contribution is 2.44. The summed E-state index contributed by atoms with van der Waals surface area (Å²) >= 11 is 0. The number of hydrogen-bond donors (Lipinski definition) is 0. The van der Waals surface area contributed by atoms with E-state index < -0.39 is 0 Å². The second-order valence-corrected chi connectivity index (χ2v) is 21.7. The molecule has 0 aliphatic heterocycles. The van der Waals surface area contributed by atoms with Crippen molar-refractivity contribution in [1.82, 2.24) is 23.1 Å². The van der Waals surface area contributed by atoms with Crippen LogP contribution in [0, 0.1) is 17.7 Å². The standard InChI is InChI=1S/C71H47N7O/c1-71(2,3)46-32-33-73-68(37-46)77-64-31-28-45(52-21-15-22-57-53-18-7-10-23-61(53)76(69(52)57)47-16-5-4-6-17-47)36-58(64)56-30-29-50(41-67(56)77)79-51-35-44(42-72)34-48(38-51)74-43-75(66-27-14-13-26-65(66)74)49-39-59-54-19-8-11-24-62(54)78-63-25-12-9-20-55(63)60(40-49)70(59)78/h4-41H,1-3H3. The Kier molecular flexibility index (Phi) is 9.50. The van der Waals surface area contributed by atoms with Gasteiger partial charge in [0.2, 0.25) is 0 Å². The van der Waals surface area contributed by atoms with E-state index in [1.165, 1.54) is 65.5 Å². The highest BCUT2D eigenvalue weighted by Gasteiger charge is 2.24. The third-order valence-corrected chi connectivity index (χ3v) is 16.1. The first-order valence-corrected chi connectivity index (χ1v) is 26.7. The molecule has 0 unspecified atom stereocenters. The number of ether oxygens (including phenoxy) is 1. The molecule has 0 spiro atoms. The molecule has 0 amide bonds. The highest BCUT2D eigenvalue weighted by molar-refractivity contribution is 6.24. The van der Waals surface area contributed by atoms with Crippen LogP contribution in [0.25, 0.3) is 127 Å². The molecule has 0 fully saturated rings. The normalized spacial score (nSPS) is 12.2. The zero-order valence-corrected chi connectivity index (χ0v) is 43.5. The lowest BCUT2D eigenvalue weighted by Crippen LogP contribution is -2.29. The Labute approximate surface area is 454 Å². The lowest BCUT2D eigenvalue weighted by atomic mass is 9.88. The first kappa shape index (κ1) is 44.8. The van der Waals surface area contributed by atoms with Crippen LogP contribution in [-0.2, 0) is 5.41 Å². The van der Waals surface area contributed by atoms with E-state index in [1.54, 1.807) is 0 Å². The maximum absolute atomic E-state index is 10.6. The van der Waals surface area contributed by atoms with E-state index in [-0.39, 0.29) is 5.41 Å². The molecule has 0 N–H and O–H groups in total. The van der Waals surface area contributed by atoms with Crippen LogP contribution in [0.15, 0.2) is 231 Å². The first-order chi connectivity index (χ1) is 38.8. The second kappa shape index (κ2) is 16.8. The monoisotopic (exact) mass is 1010 g/mol. The molecule has 0 saturated heterocycles. The fourth-order valence-corrected chi connectivity index (χ4v) is 12.6. The number of fused-ring (bicyclic) bond motifs is 13. The van der Waals surface area contributed by atoms with Crippen molar-refractivity contribution in [2.45, 2.75) is 26.2 Å². The van der Waals surface area contributed by atoms with Gasteiger partial charge in [-0.05, 0) is 114 Å². The predicted octanol–water partition coefficient (Wildman–Crippen LogP) is 17.1. The molecule has 10 aromatic carbocycles. The largest absolute Gasteiger partial charge is 0.458 e. The Bertz CT molecular complexity index is 5150. The van der Waals surface area contributed by atoms with E-state index in [0.29, 0.717) is 17.1 Å². The van der Waals surface area contributed by atoms with Crippen LogP contribution < -0.4 is 9.30 Å². The lowest BCUT2D eigenvalue weighted by molar-refractivity contribution is -0.572. The summed E-state index contributed by atoms with van der Waals surface area (Å²) in [5, 5.41) is 20.0. The summed E-state index contributed by atoms with van der Waals surface area (Å²) in [5.74, 6) is 1.98. The van der Waals surface area contributed by atoms with Crippen LogP contribution in [0.1, 0.15) is 31.9 Å². The van der Waals surface area contributed by atoms with Crippen molar-refractivity contribution in [3.05, 3.63) is 248 Å². The number of benzene rings is 10. The third-order valence-electron chi connectivity index (χ3n) is 16.1. The Morgan fingerprint density at radius 1 is 0.481 bits per heavy atom. The molecule has 79 heavy (non-hydrogen) atoms. The number of hydrogen-bond acceptors (Lipinski definition) is 3. The molecule has 0 aliphatic carbocycles. The number of imidazole rings is 1. The number of pyridine rings is 1. The summed E-state index contributed by atoms with van der Waals surface area (Å²) in [6.45, 7) is 6.70. The van der Waals surface area contributed by atoms with E-state index in [1.807, 2.05) is 41.1 Å². The van der Waals surface area contributed by atoms with Crippen LogP contribution >= 0.6 is 0 Å². The zero-order valence-electron chi connectivity index (χ0n) is 43.5. The summed E-state index contributed by atoms with van der Waals surface area (Å²) < 4.78 is 18.1. The van der Waals surface area contributed by atoms with Gasteiger partial charge in [-0.25, -0.2) is 4.98 Å². The van der Waals surface area contributed by atoms with Crippen LogP contribution in [0.2, 0.25) is 0 Å². The van der Waals surface area contributed by atoms with E-state index >= 15 is 0 Å². The fourth-order valence-electron chi connectivity index (χ4n) is 12.6. The molecule has 8 heteroatoms. The molecular weight excluding hydrogens is 967 g/mol. The quantitative estimate of drug-likeness (QED) is 0.118. The van der Waals surface area contributed by atoms with Gasteiger partial charge < -0.3 is 13.7 Å². The van der Waals surface area contributed by atoms with Gasteiger partial charge in [0, 0.05) is 66.6 Å². The molecular formula is C71H47N7O. The molecule has 8 nitrogen and oxygen atoms in total. The van der Waals surface area contributed by atoms with E-state index in [0.717, 1.165) is 66.8 Å². The predicted molar refractivity (Wildman–Crippen MR) is 320 cm³/mol. The number of nitrogens with zero attached hydrogens (tertiary/aromatic N) is 7. The molecule has 0 aliphatic rings.